The largest absolute Gasteiger partial charge is 0.465 e. The van der Waals surface area contributed by atoms with Crippen molar-refractivity contribution >= 4 is 17.6 Å². The van der Waals surface area contributed by atoms with E-state index >= 15 is 0 Å². The summed E-state index contributed by atoms with van der Waals surface area (Å²) >= 11 is 5.81. The van der Waals surface area contributed by atoms with Crippen LogP contribution in [0.2, 0.25) is 5.15 Å². The molecule has 2 rings (SSSR count). The zero-order chi connectivity index (χ0) is 10.1. The van der Waals surface area contributed by atoms with Crippen LogP contribution in [0.4, 0.5) is 0 Å². The third kappa shape index (κ3) is 1.35. The standard InChI is InChI=1S/C9H9ClN2O2/c1-14-9(13)7-5-3-2-4-6(5)11-12-8(7)10/h2-4H2,1H3. The molecule has 1 aromatic rings. The van der Waals surface area contributed by atoms with Crippen molar-refractivity contribution in [1.29, 1.82) is 0 Å². The van der Waals surface area contributed by atoms with Crippen molar-refractivity contribution < 1.29 is 9.53 Å². The average molecular weight is 213 g/mol. The molecule has 1 heterocycles. The van der Waals surface area contributed by atoms with E-state index in [-0.39, 0.29) is 5.15 Å². The van der Waals surface area contributed by atoms with Crippen LogP contribution in [0.25, 0.3) is 0 Å². The summed E-state index contributed by atoms with van der Waals surface area (Å²) in [5, 5.41) is 7.82. The van der Waals surface area contributed by atoms with Crippen LogP contribution in [0.5, 0.6) is 0 Å². The molecule has 0 fully saturated rings. The third-order valence-corrected chi connectivity index (χ3v) is 2.61. The van der Waals surface area contributed by atoms with E-state index in [1.54, 1.807) is 0 Å². The summed E-state index contributed by atoms with van der Waals surface area (Å²) in [6, 6.07) is 0. The van der Waals surface area contributed by atoms with Crippen molar-refractivity contribution in [2.24, 2.45) is 0 Å². The van der Waals surface area contributed by atoms with Gasteiger partial charge < -0.3 is 4.74 Å². The second-order valence-electron chi connectivity index (χ2n) is 3.14. The minimum Gasteiger partial charge on any atom is -0.465 e. The van der Waals surface area contributed by atoms with Gasteiger partial charge >= 0.3 is 5.97 Å². The molecule has 1 aliphatic carbocycles. The van der Waals surface area contributed by atoms with Crippen LogP contribution < -0.4 is 0 Å². The Morgan fingerprint density at radius 2 is 2.21 bits per heavy atom. The smallest absolute Gasteiger partial charge is 0.341 e. The van der Waals surface area contributed by atoms with Crippen LogP contribution in [-0.2, 0) is 17.6 Å². The van der Waals surface area contributed by atoms with Gasteiger partial charge in [-0.3, -0.25) is 0 Å². The highest BCUT2D eigenvalue weighted by molar-refractivity contribution is 6.32. The van der Waals surface area contributed by atoms with Gasteiger partial charge in [0.2, 0.25) is 0 Å². The lowest BCUT2D eigenvalue weighted by Crippen LogP contribution is -2.09. The van der Waals surface area contributed by atoms with Gasteiger partial charge in [0.1, 0.15) is 5.56 Å². The highest BCUT2D eigenvalue weighted by Crippen LogP contribution is 2.27. The fraction of sp³-hybridized carbons (Fsp3) is 0.444. The molecule has 0 unspecified atom stereocenters. The summed E-state index contributed by atoms with van der Waals surface area (Å²) < 4.78 is 4.65. The Kier molecular flexibility index (Phi) is 2.37. The maximum atomic E-state index is 11.4. The first-order chi connectivity index (χ1) is 6.74. The molecule has 0 saturated carbocycles. The van der Waals surface area contributed by atoms with Crippen LogP contribution >= 0.6 is 11.6 Å². The van der Waals surface area contributed by atoms with Gasteiger partial charge in [0.05, 0.1) is 12.8 Å². The van der Waals surface area contributed by atoms with Crippen LogP contribution in [0.3, 0.4) is 0 Å². The molecular formula is C9H9ClN2O2. The number of carbonyl (C=O) groups excluding carboxylic acids is 1. The minimum atomic E-state index is -0.428. The van der Waals surface area contributed by atoms with E-state index in [1.165, 1.54) is 7.11 Å². The fourth-order valence-corrected chi connectivity index (χ4v) is 1.92. The molecule has 14 heavy (non-hydrogen) atoms. The number of ether oxygens (including phenoxy) is 1. The number of aromatic nitrogens is 2. The van der Waals surface area contributed by atoms with E-state index in [4.69, 9.17) is 11.6 Å². The monoisotopic (exact) mass is 212 g/mol. The van der Waals surface area contributed by atoms with Gasteiger partial charge in [-0.15, -0.1) is 5.10 Å². The molecule has 4 nitrogen and oxygen atoms in total. The lowest BCUT2D eigenvalue weighted by molar-refractivity contribution is 0.0599. The first kappa shape index (κ1) is 9.40. The number of hydrogen-bond acceptors (Lipinski definition) is 4. The van der Waals surface area contributed by atoms with E-state index in [9.17, 15) is 4.79 Å². The van der Waals surface area contributed by atoms with Gasteiger partial charge in [-0.05, 0) is 24.8 Å². The predicted molar refractivity (Wildman–Crippen MR) is 50.4 cm³/mol. The van der Waals surface area contributed by atoms with Crippen LogP contribution in [0, 0.1) is 0 Å². The molecule has 0 saturated heterocycles. The third-order valence-electron chi connectivity index (χ3n) is 2.34. The van der Waals surface area contributed by atoms with E-state index in [0.29, 0.717) is 5.56 Å². The van der Waals surface area contributed by atoms with Crippen molar-refractivity contribution in [3.8, 4) is 0 Å². The lowest BCUT2D eigenvalue weighted by Gasteiger charge is -2.05. The van der Waals surface area contributed by atoms with Gasteiger partial charge in [-0.2, -0.15) is 5.10 Å². The summed E-state index contributed by atoms with van der Waals surface area (Å²) in [6.45, 7) is 0. The molecule has 0 spiro atoms. The number of nitrogens with zero attached hydrogens (tertiary/aromatic N) is 2. The van der Waals surface area contributed by atoms with Crippen molar-refractivity contribution in [3.05, 3.63) is 22.0 Å². The number of halogens is 1. The molecule has 0 bridgehead atoms. The van der Waals surface area contributed by atoms with Gasteiger partial charge in [-0.25, -0.2) is 4.79 Å². The second kappa shape index (κ2) is 3.53. The summed E-state index contributed by atoms with van der Waals surface area (Å²) in [5.74, 6) is -0.428. The molecule has 0 amide bonds. The SMILES string of the molecule is COC(=O)c1c(Cl)nnc2c1CCC2. The van der Waals surface area contributed by atoms with E-state index in [1.807, 2.05) is 0 Å². The molecule has 1 aromatic heterocycles. The van der Waals surface area contributed by atoms with Crippen LogP contribution in [0.1, 0.15) is 28.0 Å². The summed E-state index contributed by atoms with van der Waals surface area (Å²) in [6.07, 6.45) is 2.69. The molecule has 0 atom stereocenters. The van der Waals surface area contributed by atoms with Crippen LogP contribution in [0.15, 0.2) is 0 Å². The van der Waals surface area contributed by atoms with E-state index < -0.39 is 5.97 Å². The predicted octanol–water partition coefficient (Wildman–Crippen LogP) is 1.41. The molecule has 5 heteroatoms. The Morgan fingerprint density at radius 3 is 2.93 bits per heavy atom. The van der Waals surface area contributed by atoms with Gasteiger partial charge in [0.15, 0.2) is 5.15 Å². The number of fused-ring (bicyclic) bond motifs is 1. The molecule has 1 aliphatic rings. The van der Waals surface area contributed by atoms with Gasteiger partial charge in [0, 0.05) is 0 Å². The highest BCUT2D eigenvalue weighted by atomic mass is 35.5. The van der Waals surface area contributed by atoms with Crippen molar-refractivity contribution in [2.45, 2.75) is 19.3 Å². The van der Waals surface area contributed by atoms with E-state index in [0.717, 1.165) is 30.5 Å². The minimum absolute atomic E-state index is 0.137. The Morgan fingerprint density at radius 1 is 1.43 bits per heavy atom. The number of rotatable bonds is 1. The second-order valence-corrected chi connectivity index (χ2v) is 3.49. The Bertz CT molecular complexity index is 393. The van der Waals surface area contributed by atoms with E-state index in [2.05, 4.69) is 14.9 Å². The number of carbonyl (C=O) groups is 1. The molecule has 0 N–H and O–H groups in total. The Labute approximate surface area is 86.2 Å². The zero-order valence-electron chi connectivity index (χ0n) is 7.71. The number of aryl methyl sites for hydroxylation is 1. The average Bonchev–Trinajstić information content (AvgIpc) is 2.64. The van der Waals surface area contributed by atoms with Crippen molar-refractivity contribution in [2.75, 3.05) is 7.11 Å². The molecule has 74 valence electrons. The Balaban J connectivity index is 2.57. The normalized spacial score (nSPS) is 13.9. The summed E-state index contributed by atoms with van der Waals surface area (Å²) in [4.78, 5) is 11.4. The number of esters is 1. The number of hydrogen-bond donors (Lipinski definition) is 0. The van der Waals surface area contributed by atoms with Gasteiger partial charge in [0.25, 0.3) is 0 Å². The fourth-order valence-electron chi connectivity index (χ4n) is 1.70. The zero-order valence-corrected chi connectivity index (χ0v) is 8.47. The lowest BCUT2D eigenvalue weighted by atomic mass is 10.1. The summed E-state index contributed by atoms with van der Waals surface area (Å²) in [5.41, 5.74) is 2.16. The number of methoxy groups -OCH3 is 1. The van der Waals surface area contributed by atoms with Crippen molar-refractivity contribution in [1.82, 2.24) is 10.2 Å². The maximum Gasteiger partial charge on any atom is 0.341 e. The molecular weight excluding hydrogens is 204 g/mol. The molecule has 0 aromatic carbocycles. The summed E-state index contributed by atoms with van der Waals surface area (Å²) in [7, 11) is 1.33. The topological polar surface area (TPSA) is 52.1 Å². The highest BCUT2D eigenvalue weighted by Gasteiger charge is 2.24. The van der Waals surface area contributed by atoms with Crippen molar-refractivity contribution in [3.63, 3.8) is 0 Å². The van der Waals surface area contributed by atoms with Crippen LogP contribution in [-0.4, -0.2) is 23.3 Å². The first-order valence-electron chi connectivity index (χ1n) is 4.36. The Hall–Kier alpha value is -1.16. The maximum absolute atomic E-state index is 11.4. The first-order valence-corrected chi connectivity index (χ1v) is 4.74. The quantitative estimate of drug-likeness (QED) is 0.661. The van der Waals surface area contributed by atoms with Gasteiger partial charge in [-0.1, -0.05) is 11.6 Å². The molecule has 0 radical (unpaired) electrons. The molecule has 0 aliphatic heterocycles.